The van der Waals surface area contributed by atoms with Crippen LogP contribution < -0.4 is 0 Å². The molecule has 6 aromatic heterocycles. The molecule has 6 heterocycles. The zero-order valence-corrected chi connectivity index (χ0v) is 36.4. The Morgan fingerprint density at radius 2 is 0.708 bits per heavy atom. The van der Waals surface area contributed by atoms with Gasteiger partial charge in [-0.3, -0.25) is 0 Å². The molecule has 0 bridgehead atoms. The van der Waals surface area contributed by atoms with Crippen molar-refractivity contribution in [2.45, 2.75) is 0 Å². The molecule has 0 unspecified atom stereocenters. The molecule has 0 saturated heterocycles. The number of para-hydroxylation sites is 4. The lowest BCUT2D eigenvalue weighted by Crippen LogP contribution is -1.93. The summed E-state index contributed by atoms with van der Waals surface area (Å²) in [5.41, 5.74) is 12.9. The minimum atomic E-state index is 0.837. The van der Waals surface area contributed by atoms with Gasteiger partial charge in [0.1, 0.15) is 43.4 Å². The first-order chi connectivity index (χ1) is 32.1. The molecular formula is C56H28N4O2S3. The van der Waals surface area contributed by atoms with Crippen molar-refractivity contribution in [1.82, 2.24) is 19.9 Å². The predicted molar refractivity (Wildman–Crippen MR) is 273 cm³/mol. The van der Waals surface area contributed by atoms with E-state index in [0.717, 1.165) is 150 Å². The summed E-state index contributed by atoms with van der Waals surface area (Å²) < 4.78 is 15.2. The van der Waals surface area contributed by atoms with Gasteiger partial charge in [-0.1, -0.05) is 97.1 Å². The van der Waals surface area contributed by atoms with Crippen LogP contribution in [0.5, 0.6) is 0 Å². The third-order valence-electron chi connectivity index (χ3n) is 12.7. The zero-order chi connectivity index (χ0) is 42.3. The summed E-state index contributed by atoms with van der Waals surface area (Å²) in [7, 11) is 0. The molecule has 6 nitrogen and oxygen atoms in total. The Morgan fingerprint density at radius 1 is 0.292 bits per heavy atom. The van der Waals surface area contributed by atoms with Crippen LogP contribution in [0.2, 0.25) is 0 Å². The molecule has 0 spiro atoms. The molecule has 0 fully saturated rings. The smallest absolute Gasteiger partial charge is 0.136 e. The Balaban J connectivity index is 1.04. The second-order valence-electron chi connectivity index (χ2n) is 16.5. The SMILES string of the molecule is c1ccc2sc(-c3ccc4c5ccc(-c6nc7ccccc7s6)cc5c5nc6c(-c7ccc8c(c7)oc7ccccc78)sc(-c7ccc8c(c7)oc7ccccc78)c6nc5c4c3)nc2c1. The first-order valence-corrected chi connectivity index (χ1v) is 23.8. The van der Waals surface area contributed by atoms with Crippen LogP contribution in [0.3, 0.4) is 0 Å². The van der Waals surface area contributed by atoms with Gasteiger partial charge in [-0.05, 0) is 94.7 Å². The van der Waals surface area contributed by atoms with Gasteiger partial charge in [0.2, 0.25) is 0 Å². The van der Waals surface area contributed by atoms with E-state index in [9.17, 15) is 0 Å². The summed E-state index contributed by atoms with van der Waals surface area (Å²) in [6.45, 7) is 0. The van der Waals surface area contributed by atoms with Crippen molar-refractivity contribution in [2.75, 3.05) is 0 Å². The molecule has 302 valence electrons. The molecule has 0 atom stereocenters. The van der Waals surface area contributed by atoms with Gasteiger partial charge in [0.15, 0.2) is 0 Å². The van der Waals surface area contributed by atoms with Crippen molar-refractivity contribution < 1.29 is 8.83 Å². The minimum Gasteiger partial charge on any atom is -0.456 e. The Labute approximate surface area is 380 Å². The van der Waals surface area contributed by atoms with Gasteiger partial charge in [0.05, 0.1) is 41.2 Å². The number of fused-ring (bicyclic) bond motifs is 15. The lowest BCUT2D eigenvalue weighted by atomic mass is 9.96. The fourth-order valence-corrected chi connectivity index (χ4v) is 12.8. The fraction of sp³-hybridized carbons (Fsp3) is 0. The summed E-state index contributed by atoms with van der Waals surface area (Å²) >= 11 is 5.13. The first-order valence-electron chi connectivity index (χ1n) is 21.3. The van der Waals surface area contributed by atoms with Crippen LogP contribution in [0.25, 0.3) is 150 Å². The monoisotopic (exact) mass is 884 g/mol. The molecule has 9 aromatic carbocycles. The van der Waals surface area contributed by atoms with Gasteiger partial charge in [-0.25, -0.2) is 19.9 Å². The number of furan rings is 2. The number of aromatic nitrogens is 4. The average molecular weight is 885 g/mol. The third-order valence-corrected chi connectivity index (χ3v) is 16.2. The molecule has 9 heteroatoms. The van der Waals surface area contributed by atoms with Crippen LogP contribution in [0.15, 0.2) is 179 Å². The maximum absolute atomic E-state index is 6.46. The summed E-state index contributed by atoms with van der Waals surface area (Å²) in [6, 6.07) is 59.5. The first kappa shape index (κ1) is 35.6. The Morgan fingerprint density at radius 3 is 1.20 bits per heavy atom. The second-order valence-corrected chi connectivity index (χ2v) is 19.6. The summed E-state index contributed by atoms with van der Waals surface area (Å²) in [6.07, 6.45) is 0. The number of thiazole rings is 2. The van der Waals surface area contributed by atoms with Crippen LogP contribution in [0.1, 0.15) is 0 Å². The molecule has 0 radical (unpaired) electrons. The topological polar surface area (TPSA) is 77.8 Å². The van der Waals surface area contributed by atoms with Crippen molar-refractivity contribution in [3.05, 3.63) is 170 Å². The van der Waals surface area contributed by atoms with Crippen LogP contribution >= 0.6 is 34.0 Å². The maximum atomic E-state index is 6.46. The minimum absolute atomic E-state index is 0.837. The van der Waals surface area contributed by atoms with Crippen LogP contribution in [0, 0.1) is 0 Å². The van der Waals surface area contributed by atoms with E-state index in [-0.39, 0.29) is 0 Å². The van der Waals surface area contributed by atoms with E-state index >= 15 is 0 Å². The molecule has 0 N–H and O–H groups in total. The molecule has 15 rings (SSSR count). The summed E-state index contributed by atoms with van der Waals surface area (Å²) in [5, 5.41) is 10.6. The number of nitrogens with zero attached hydrogens (tertiary/aromatic N) is 4. The zero-order valence-electron chi connectivity index (χ0n) is 34.0. The normalized spacial score (nSPS) is 12.3. The van der Waals surface area contributed by atoms with E-state index in [2.05, 4.69) is 133 Å². The number of hydrogen-bond donors (Lipinski definition) is 0. The lowest BCUT2D eigenvalue weighted by molar-refractivity contribution is 0.668. The van der Waals surface area contributed by atoms with Gasteiger partial charge in [0, 0.05) is 43.4 Å². The van der Waals surface area contributed by atoms with E-state index in [1.54, 1.807) is 34.0 Å². The van der Waals surface area contributed by atoms with Crippen LogP contribution in [-0.4, -0.2) is 19.9 Å². The van der Waals surface area contributed by atoms with E-state index in [1.165, 1.54) is 0 Å². The molecular weight excluding hydrogens is 857 g/mol. The molecule has 15 aromatic rings. The van der Waals surface area contributed by atoms with Crippen molar-refractivity contribution >= 4 is 142 Å². The number of hydrogen-bond acceptors (Lipinski definition) is 9. The van der Waals surface area contributed by atoms with Crippen molar-refractivity contribution in [3.8, 4) is 42.0 Å². The summed E-state index contributed by atoms with van der Waals surface area (Å²) in [5.74, 6) is 0. The van der Waals surface area contributed by atoms with Crippen molar-refractivity contribution in [3.63, 3.8) is 0 Å². The Bertz CT molecular complexity index is 4160. The van der Waals surface area contributed by atoms with Gasteiger partial charge in [-0.2, -0.15) is 0 Å². The van der Waals surface area contributed by atoms with E-state index in [1.807, 2.05) is 36.4 Å². The molecule has 0 aliphatic carbocycles. The highest BCUT2D eigenvalue weighted by Gasteiger charge is 2.24. The standard InChI is InChI=1S/C56H28N4O2S3/c1-5-13-43-35(9-1)37-23-17-29(27-45(37)61-43)53-51-52(54(65-53)30-18-24-38-36-10-2-6-14-44(36)62-46(38)28-30)60-50-40-26-32(56-58-42-12-4-8-16-48(42)64-56)20-22-34(40)33-21-19-31(25-39(33)49(50)59-51)55-57-41-11-3-7-15-47(41)63-55/h1-28H. The third kappa shape index (κ3) is 5.31. The highest BCUT2D eigenvalue weighted by Crippen LogP contribution is 2.48. The van der Waals surface area contributed by atoms with Crippen molar-refractivity contribution in [1.29, 1.82) is 0 Å². The number of thiophene rings is 1. The molecule has 0 amide bonds. The molecule has 65 heavy (non-hydrogen) atoms. The Hall–Kier alpha value is -7.82. The predicted octanol–water partition coefficient (Wildman–Crippen LogP) is 16.8. The van der Waals surface area contributed by atoms with Crippen LogP contribution in [0.4, 0.5) is 0 Å². The molecule has 0 aliphatic rings. The van der Waals surface area contributed by atoms with E-state index < -0.39 is 0 Å². The van der Waals surface area contributed by atoms with Gasteiger partial charge >= 0.3 is 0 Å². The molecule has 0 saturated carbocycles. The average Bonchev–Trinajstić information content (AvgIpc) is 4.20. The molecule has 0 aliphatic heterocycles. The summed E-state index contributed by atoms with van der Waals surface area (Å²) in [4.78, 5) is 23.7. The Kier molecular flexibility index (Phi) is 7.32. The van der Waals surface area contributed by atoms with E-state index in [4.69, 9.17) is 28.8 Å². The van der Waals surface area contributed by atoms with E-state index in [0.29, 0.717) is 0 Å². The highest BCUT2D eigenvalue weighted by molar-refractivity contribution is 7.22. The van der Waals surface area contributed by atoms with Gasteiger partial charge in [0.25, 0.3) is 0 Å². The fourth-order valence-electron chi connectivity index (χ4n) is 9.66. The van der Waals surface area contributed by atoms with Gasteiger partial charge in [-0.15, -0.1) is 34.0 Å². The maximum Gasteiger partial charge on any atom is 0.136 e. The number of benzene rings is 9. The lowest BCUT2D eigenvalue weighted by Gasteiger charge is -2.12. The quantitative estimate of drug-likeness (QED) is 0.164. The second kappa shape index (κ2) is 13.4. The van der Waals surface area contributed by atoms with Crippen molar-refractivity contribution in [2.24, 2.45) is 0 Å². The highest BCUT2D eigenvalue weighted by atomic mass is 32.1. The number of rotatable bonds is 4. The largest absolute Gasteiger partial charge is 0.456 e. The van der Waals surface area contributed by atoms with Crippen LogP contribution in [-0.2, 0) is 0 Å². The van der Waals surface area contributed by atoms with Gasteiger partial charge < -0.3 is 8.83 Å².